The van der Waals surface area contributed by atoms with Crippen molar-refractivity contribution in [1.82, 2.24) is 0 Å². The van der Waals surface area contributed by atoms with Gasteiger partial charge in [-0.15, -0.1) is 0 Å². The first-order valence-corrected chi connectivity index (χ1v) is 5.53. The summed E-state index contributed by atoms with van der Waals surface area (Å²) in [5.74, 6) is -1.86. The maximum atomic E-state index is 11.1. The highest BCUT2D eigenvalue weighted by Crippen LogP contribution is 2.07. The van der Waals surface area contributed by atoms with Crippen molar-refractivity contribution in [3.63, 3.8) is 0 Å². The van der Waals surface area contributed by atoms with Gasteiger partial charge in [0.25, 0.3) is 0 Å². The number of aryl methyl sites for hydroxylation is 1. The van der Waals surface area contributed by atoms with Crippen LogP contribution in [0.4, 0.5) is 0 Å². The molecule has 92 valence electrons. The predicted molar refractivity (Wildman–Crippen MR) is 62.5 cm³/mol. The molecule has 0 saturated heterocycles. The second kappa shape index (κ2) is 6.68. The largest absolute Gasteiger partial charge is 0.458 e. The van der Waals surface area contributed by atoms with E-state index in [9.17, 15) is 9.59 Å². The third kappa shape index (κ3) is 4.26. The number of benzene rings is 1. The van der Waals surface area contributed by atoms with E-state index in [0.717, 1.165) is 11.1 Å². The van der Waals surface area contributed by atoms with Crippen LogP contribution in [0.3, 0.4) is 0 Å². The van der Waals surface area contributed by atoms with Gasteiger partial charge in [-0.3, -0.25) is 0 Å². The molecule has 0 N–H and O–H groups in total. The lowest BCUT2D eigenvalue weighted by molar-refractivity contribution is -0.167. The van der Waals surface area contributed by atoms with Gasteiger partial charge in [-0.05, 0) is 25.0 Å². The molecule has 4 nitrogen and oxygen atoms in total. The molecule has 1 rings (SSSR count). The molecule has 0 aromatic heterocycles. The van der Waals surface area contributed by atoms with Crippen LogP contribution in [0.15, 0.2) is 24.3 Å². The lowest BCUT2D eigenvalue weighted by atomic mass is 10.1. The van der Waals surface area contributed by atoms with Crippen LogP contribution in [0.5, 0.6) is 0 Å². The van der Waals surface area contributed by atoms with Gasteiger partial charge in [0, 0.05) is 6.42 Å². The van der Waals surface area contributed by atoms with E-state index in [4.69, 9.17) is 4.74 Å². The third-order valence-corrected chi connectivity index (χ3v) is 2.31. The summed E-state index contributed by atoms with van der Waals surface area (Å²) in [6.07, 6.45) is 0.595. The molecular weight excluding hydrogens is 220 g/mol. The fraction of sp³-hybridized carbons (Fsp3) is 0.385. The van der Waals surface area contributed by atoms with Crippen molar-refractivity contribution in [2.75, 3.05) is 13.2 Å². The van der Waals surface area contributed by atoms with E-state index in [1.54, 1.807) is 6.92 Å². The number of rotatable bonds is 4. The molecule has 0 bridgehead atoms. The zero-order valence-electron chi connectivity index (χ0n) is 10.1. The second-order valence-corrected chi connectivity index (χ2v) is 3.53. The Morgan fingerprint density at radius 2 is 1.76 bits per heavy atom. The fourth-order valence-electron chi connectivity index (χ4n) is 1.39. The third-order valence-electron chi connectivity index (χ3n) is 2.31. The molecule has 1 aromatic rings. The van der Waals surface area contributed by atoms with Gasteiger partial charge in [0.05, 0.1) is 13.2 Å². The number of ether oxygens (including phenoxy) is 2. The molecule has 0 amide bonds. The molecule has 0 spiro atoms. The maximum absolute atomic E-state index is 11.1. The molecule has 17 heavy (non-hydrogen) atoms. The Morgan fingerprint density at radius 3 is 2.41 bits per heavy atom. The SMILES string of the molecule is CCOC(=O)C(=O)OCCc1ccccc1C. The highest BCUT2D eigenvalue weighted by atomic mass is 16.6. The van der Waals surface area contributed by atoms with Crippen molar-refractivity contribution in [1.29, 1.82) is 0 Å². The van der Waals surface area contributed by atoms with Crippen LogP contribution >= 0.6 is 0 Å². The van der Waals surface area contributed by atoms with Gasteiger partial charge in [0.1, 0.15) is 0 Å². The standard InChI is InChI=1S/C13H16O4/c1-3-16-12(14)13(15)17-9-8-11-7-5-4-6-10(11)2/h4-7H,3,8-9H2,1-2H3. The zero-order valence-corrected chi connectivity index (χ0v) is 10.1. The predicted octanol–water partition coefficient (Wildman–Crippen LogP) is 1.64. The fourth-order valence-corrected chi connectivity index (χ4v) is 1.39. The molecular formula is C13H16O4. The van der Waals surface area contributed by atoms with Crippen LogP contribution in [0, 0.1) is 6.92 Å². The highest BCUT2D eigenvalue weighted by Gasteiger charge is 2.16. The maximum Gasteiger partial charge on any atom is 0.417 e. The van der Waals surface area contributed by atoms with Gasteiger partial charge in [-0.1, -0.05) is 24.3 Å². The summed E-state index contributed by atoms with van der Waals surface area (Å²) in [4.78, 5) is 22.1. The van der Waals surface area contributed by atoms with Gasteiger partial charge in [0.2, 0.25) is 0 Å². The Hall–Kier alpha value is -1.84. The summed E-state index contributed by atoms with van der Waals surface area (Å²) in [5, 5.41) is 0. The molecule has 0 unspecified atom stereocenters. The summed E-state index contributed by atoms with van der Waals surface area (Å²) in [6.45, 7) is 3.98. The Morgan fingerprint density at radius 1 is 1.12 bits per heavy atom. The van der Waals surface area contributed by atoms with Gasteiger partial charge in [-0.2, -0.15) is 0 Å². The first-order valence-electron chi connectivity index (χ1n) is 5.53. The van der Waals surface area contributed by atoms with Crippen LogP contribution in [-0.4, -0.2) is 25.2 Å². The van der Waals surface area contributed by atoms with Crippen molar-refractivity contribution in [3.8, 4) is 0 Å². The normalized spacial score (nSPS) is 9.76. The van der Waals surface area contributed by atoms with E-state index in [1.807, 2.05) is 31.2 Å². The minimum Gasteiger partial charge on any atom is -0.458 e. The van der Waals surface area contributed by atoms with Crippen LogP contribution in [0.1, 0.15) is 18.1 Å². The molecule has 0 radical (unpaired) electrons. The number of carbonyl (C=O) groups is 2. The van der Waals surface area contributed by atoms with E-state index in [1.165, 1.54) is 0 Å². The summed E-state index contributed by atoms with van der Waals surface area (Å²) < 4.78 is 9.32. The van der Waals surface area contributed by atoms with Gasteiger partial charge < -0.3 is 9.47 Å². The molecule has 1 aromatic carbocycles. The van der Waals surface area contributed by atoms with Crippen LogP contribution in [-0.2, 0) is 25.5 Å². The minimum absolute atomic E-state index is 0.172. The van der Waals surface area contributed by atoms with Gasteiger partial charge in [0.15, 0.2) is 0 Å². The van der Waals surface area contributed by atoms with Crippen molar-refractivity contribution in [2.45, 2.75) is 20.3 Å². The molecule has 4 heteroatoms. The van der Waals surface area contributed by atoms with Gasteiger partial charge in [-0.25, -0.2) is 9.59 Å². The van der Waals surface area contributed by atoms with Crippen molar-refractivity contribution < 1.29 is 19.1 Å². The molecule has 0 saturated carbocycles. The van der Waals surface area contributed by atoms with E-state index in [0.29, 0.717) is 6.42 Å². The number of carbonyl (C=O) groups excluding carboxylic acids is 2. The molecule has 0 fully saturated rings. The summed E-state index contributed by atoms with van der Waals surface area (Å²) in [6, 6.07) is 7.83. The minimum atomic E-state index is -0.933. The first-order chi connectivity index (χ1) is 8.15. The Balaban J connectivity index is 2.36. The van der Waals surface area contributed by atoms with E-state index >= 15 is 0 Å². The topological polar surface area (TPSA) is 52.6 Å². The Kier molecular flexibility index (Phi) is 5.20. The molecule has 0 atom stereocenters. The number of hydrogen-bond donors (Lipinski definition) is 0. The quantitative estimate of drug-likeness (QED) is 0.589. The molecule has 0 aliphatic rings. The van der Waals surface area contributed by atoms with Crippen molar-refractivity contribution >= 4 is 11.9 Å². The van der Waals surface area contributed by atoms with Crippen molar-refractivity contribution in [2.24, 2.45) is 0 Å². The molecule has 0 heterocycles. The summed E-state index contributed by atoms with van der Waals surface area (Å²) in [5.41, 5.74) is 2.24. The average molecular weight is 236 g/mol. The average Bonchev–Trinajstić information content (AvgIpc) is 2.31. The Labute approximate surface area is 101 Å². The smallest absolute Gasteiger partial charge is 0.417 e. The van der Waals surface area contributed by atoms with E-state index in [-0.39, 0.29) is 13.2 Å². The molecule has 0 aliphatic carbocycles. The lowest BCUT2D eigenvalue weighted by Crippen LogP contribution is -2.21. The second-order valence-electron chi connectivity index (χ2n) is 3.53. The Bertz CT molecular complexity index is 398. The monoisotopic (exact) mass is 236 g/mol. The van der Waals surface area contributed by atoms with Crippen LogP contribution in [0.2, 0.25) is 0 Å². The van der Waals surface area contributed by atoms with Crippen LogP contribution in [0.25, 0.3) is 0 Å². The summed E-state index contributed by atoms with van der Waals surface area (Å²) in [7, 11) is 0. The zero-order chi connectivity index (χ0) is 12.7. The molecule has 0 aliphatic heterocycles. The number of esters is 2. The van der Waals surface area contributed by atoms with Crippen LogP contribution < -0.4 is 0 Å². The lowest BCUT2D eigenvalue weighted by Gasteiger charge is -2.06. The number of hydrogen-bond acceptors (Lipinski definition) is 4. The van der Waals surface area contributed by atoms with E-state index < -0.39 is 11.9 Å². The van der Waals surface area contributed by atoms with E-state index in [2.05, 4.69) is 4.74 Å². The highest BCUT2D eigenvalue weighted by molar-refractivity contribution is 6.29. The van der Waals surface area contributed by atoms with Crippen molar-refractivity contribution in [3.05, 3.63) is 35.4 Å². The van der Waals surface area contributed by atoms with Gasteiger partial charge >= 0.3 is 11.9 Å². The summed E-state index contributed by atoms with van der Waals surface area (Å²) >= 11 is 0. The first kappa shape index (κ1) is 13.2.